The lowest BCUT2D eigenvalue weighted by molar-refractivity contribution is -0.138. The maximum Gasteiger partial charge on any atom is 0.323 e. The fraction of sp³-hybridized carbons (Fsp3) is 0.429. The van der Waals surface area contributed by atoms with Crippen molar-refractivity contribution in [2.24, 2.45) is 0 Å². The number of carbonyl (C=O) groups excluding carboxylic acids is 1. The molecular weight excluding hydrogens is 276 g/mol. The quantitative estimate of drug-likeness (QED) is 0.745. The average molecular weight is 296 g/mol. The predicted molar refractivity (Wildman–Crippen MR) is 79.6 cm³/mol. The van der Waals surface area contributed by atoms with Crippen LogP contribution < -0.4 is 6.15 Å². The van der Waals surface area contributed by atoms with Gasteiger partial charge in [0.2, 0.25) is 0 Å². The third-order valence-corrected chi connectivity index (χ3v) is 3.86. The van der Waals surface area contributed by atoms with Crippen LogP contribution >= 0.6 is 12.6 Å². The van der Waals surface area contributed by atoms with Gasteiger partial charge in [-0.15, -0.1) is 12.6 Å². The van der Waals surface area contributed by atoms with Gasteiger partial charge in [0.1, 0.15) is 6.54 Å². The van der Waals surface area contributed by atoms with Crippen LogP contribution in [-0.2, 0) is 4.79 Å². The molecule has 1 aromatic rings. The number of benzene rings is 1. The first-order chi connectivity index (χ1) is 9.09. The maximum absolute atomic E-state index is 12.5. The van der Waals surface area contributed by atoms with Crippen molar-refractivity contribution < 1.29 is 14.7 Å². The molecule has 1 aliphatic carbocycles. The van der Waals surface area contributed by atoms with Gasteiger partial charge < -0.3 is 16.2 Å². The van der Waals surface area contributed by atoms with Crippen molar-refractivity contribution in [3.8, 4) is 0 Å². The Labute approximate surface area is 124 Å². The summed E-state index contributed by atoms with van der Waals surface area (Å²) in [4.78, 5) is 25.5. The van der Waals surface area contributed by atoms with Gasteiger partial charge in [-0.3, -0.25) is 9.59 Å². The molecule has 0 aliphatic heterocycles. The summed E-state index contributed by atoms with van der Waals surface area (Å²) in [5, 5.41) is 9.00. The third kappa shape index (κ3) is 3.74. The van der Waals surface area contributed by atoms with Gasteiger partial charge in [-0.1, -0.05) is 25.0 Å². The Kier molecular flexibility index (Phi) is 6.04. The van der Waals surface area contributed by atoms with Crippen LogP contribution in [0.15, 0.2) is 29.2 Å². The number of amides is 1. The predicted octanol–water partition coefficient (Wildman–Crippen LogP) is 2.61. The summed E-state index contributed by atoms with van der Waals surface area (Å²) in [6.45, 7) is -0.244. The third-order valence-electron chi connectivity index (χ3n) is 3.47. The standard InChI is InChI=1S/C14H17NO3S.H3N/c16-13(17)9-15(10-5-1-2-6-10)14(18)11-7-3-4-8-12(11)19;/h3-4,7-8,10,19H,1-2,5-6,9H2,(H,16,17);1H3. The monoisotopic (exact) mass is 296 g/mol. The van der Waals surface area contributed by atoms with E-state index in [9.17, 15) is 9.59 Å². The summed E-state index contributed by atoms with van der Waals surface area (Å²) >= 11 is 4.27. The number of carboxylic acid groups (broad SMARTS) is 1. The van der Waals surface area contributed by atoms with Crippen molar-refractivity contribution in [2.45, 2.75) is 36.6 Å². The van der Waals surface area contributed by atoms with E-state index in [2.05, 4.69) is 12.6 Å². The Morgan fingerprint density at radius 2 is 1.85 bits per heavy atom. The van der Waals surface area contributed by atoms with Gasteiger partial charge >= 0.3 is 5.97 Å². The molecule has 0 saturated heterocycles. The fourth-order valence-corrected chi connectivity index (χ4v) is 2.79. The number of carboxylic acids is 1. The molecule has 0 spiro atoms. The molecule has 110 valence electrons. The molecule has 0 aromatic heterocycles. The number of hydrogen-bond acceptors (Lipinski definition) is 4. The lowest BCUT2D eigenvalue weighted by Gasteiger charge is -2.27. The van der Waals surface area contributed by atoms with Crippen molar-refractivity contribution in [3.63, 3.8) is 0 Å². The molecule has 0 heterocycles. The molecule has 1 saturated carbocycles. The summed E-state index contributed by atoms with van der Waals surface area (Å²) in [6.07, 6.45) is 3.87. The molecule has 0 unspecified atom stereocenters. The van der Waals surface area contributed by atoms with Crippen LogP contribution in [0, 0.1) is 0 Å². The van der Waals surface area contributed by atoms with E-state index in [1.165, 1.54) is 4.90 Å². The van der Waals surface area contributed by atoms with Gasteiger partial charge in [0, 0.05) is 10.9 Å². The highest BCUT2D eigenvalue weighted by Crippen LogP contribution is 2.26. The van der Waals surface area contributed by atoms with E-state index in [4.69, 9.17) is 5.11 Å². The lowest BCUT2D eigenvalue weighted by Crippen LogP contribution is -2.42. The fourth-order valence-electron chi connectivity index (χ4n) is 2.54. The highest BCUT2D eigenvalue weighted by molar-refractivity contribution is 7.80. The normalized spacial score (nSPS) is 14.7. The minimum atomic E-state index is -0.975. The van der Waals surface area contributed by atoms with Crippen LogP contribution in [0.1, 0.15) is 36.0 Å². The first kappa shape index (κ1) is 16.5. The number of hydrogen-bond donors (Lipinski definition) is 3. The Balaban J connectivity index is 0.00000200. The molecule has 0 bridgehead atoms. The lowest BCUT2D eigenvalue weighted by atomic mass is 10.1. The van der Waals surface area contributed by atoms with Crippen LogP contribution in [0.5, 0.6) is 0 Å². The molecule has 0 radical (unpaired) electrons. The molecule has 1 amide bonds. The Hall–Kier alpha value is -1.53. The van der Waals surface area contributed by atoms with E-state index < -0.39 is 5.97 Å². The Morgan fingerprint density at radius 1 is 1.25 bits per heavy atom. The molecule has 6 heteroatoms. The van der Waals surface area contributed by atoms with Crippen molar-refractivity contribution in [1.82, 2.24) is 11.1 Å². The van der Waals surface area contributed by atoms with Crippen LogP contribution in [0.4, 0.5) is 0 Å². The minimum Gasteiger partial charge on any atom is -0.480 e. The van der Waals surface area contributed by atoms with E-state index in [-0.39, 0.29) is 24.6 Å². The molecular formula is C14H20N2O3S. The van der Waals surface area contributed by atoms with Crippen LogP contribution in [0.3, 0.4) is 0 Å². The second kappa shape index (κ2) is 7.31. The molecule has 1 aliphatic rings. The van der Waals surface area contributed by atoms with Gasteiger partial charge in [-0.2, -0.15) is 0 Å². The Bertz CT molecular complexity index is 487. The number of thiol groups is 1. The number of nitrogens with zero attached hydrogens (tertiary/aromatic N) is 1. The van der Waals surface area contributed by atoms with Crippen molar-refractivity contribution in [3.05, 3.63) is 29.8 Å². The molecule has 5 nitrogen and oxygen atoms in total. The van der Waals surface area contributed by atoms with Gasteiger partial charge in [-0.05, 0) is 25.0 Å². The Morgan fingerprint density at radius 3 is 2.40 bits per heavy atom. The van der Waals surface area contributed by atoms with Crippen LogP contribution in [0.25, 0.3) is 0 Å². The summed E-state index contributed by atoms with van der Waals surface area (Å²) in [7, 11) is 0. The van der Waals surface area contributed by atoms with Gasteiger partial charge in [0.25, 0.3) is 5.91 Å². The SMILES string of the molecule is N.O=C(O)CN(C(=O)c1ccccc1S)C1CCCC1. The largest absolute Gasteiger partial charge is 0.480 e. The topological polar surface area (TPSA) is 92.6 Å². The maximum atomic E-state index is 12.5. The highest BCUT2D eigenvalue weighted by Gasteiger charge is 2.29. The average Bonchev–Trinajstić information content (AvgIpc) is 2.89. The van der Waals surface area contributed by atoms with Gasteiger partial charge in [0.05, 0.1) is 5.56 Å². The van der Waals surface area contributed by atoms with Crippen molar-refractivity contribution in [1.29, 1.82) is 0 Å². The summed E-state index contributed by atoms with van der Waals surface area (Å²) in [5.74, 6) is -1.21. The molecule has 4 N–H and O–H groups in total. The number of rotatable bonds is 4. The molecule has 20 heavy (non-hydrogen) atoms. The highest BCUT2D eigenvalue weighted by atomic mass is 32.1. The van der Waals surface area contributed by atoms with E-state index in [1.54, 1.807) is 24.3 Å². The molecule has 0 atom stereocenters. The van der Waals surface area contributed by atoms with E-state index in [1.807, 2.05) is 0 Å². The van der Waals surface area contributed by atoms with E-state index in [0.717, 1.165) is 25.7 Å². The molecule has 1 fully saturated rings. The zero-order valence-electron chi connectivity index (χ0n) is 11.3. The number of aliphatic carboxylic acids is 1. The van der Waals surface area contributed by atoms with E-state index in [0.29, 0.717) is 10.5 Å². The van der Waals surface area contributed by atoms with Crippen molar-refractivity contribution >= 4 is 24.5 Å². The van der Waals surface area contributed by atoms with Gasteiger partial charge in [-0.25, -0.2) is 0 Å². The smallest absolute Gasteiger partial charge is 0.323 e. The molecule has 1 aromatic carbocycles. The minimum absolute atomic E-state index is 0. The zero-order chi connectivity index (χ0) is 13.8. The zero-order valence-corrected chi connectivity index (χ0v) is 12.2. The van der Waals surface area contributed by atoms with E-state index >= 15 is 0 Å². The van der Waals surface area contributed by atoms with Crippen LogP contribution in [-0.4, -0.2) is 34.5 Å². The van der Waals surface area contributed by atoms with Gasteiger partial charge in [0.15, 0.2) is 0 Å². The summed E-state index contributed by atoms with van der Waals surface area (Å²) in [5.41, 5.74) is 0.471. The van der Waals surface area contributed by atoms with Crippen LogP contribution in [0.2, 0.25) is 0 Å². The second-order valence-electron chi connectivity index (χ2n) is 4.78. The molecule has 2 rings (SSSR count). The first-order valence-electron chi connectivity index (χ1n) is 6.40. The summed E-state index contributed by atoms with van der Waals surface area (Å²) < 4.78 is 0. The summed E-state index contributed by atoms with van der Waals surface area (Å²) in [6, 6.07) is 7.03. The number of carbonyl (C=O) groups is 2. The second-order valence-corrected chi connectivity index (χ2v) is 5.26. The first-order valence-corrected chi connectivity index (χ1v) is 6.85. The van der Waals surface area contributed by atoms with Crippen molar-refractivity contribution in [2.75, 3.05) is 6.54 Å².